The van der Waals surface area contributed by atoms with E-state index in [1.54, 1.807) is 6.92 Å². The van der Waals surface area contributed by atoms with E-state index in [4.69, 9.17) is 4.74 Å². The first-order valence-electron chi connectivity index (χ1n) is 5.66. The van der Waals surface area contributed by atoms with Crippen LogP contribution >= 0.6 is 0 Å². The molecule has 0 aromatic rings. The lowest BCUT2D eigenvalue weighted by Gasteiger charge is -2.15. The first-order valence-corrected chi connectivity index (χ1v) is 5.66. The number of rotatable bonds is 7. The summed E-state index contributed by atoms with van der Waals surface area (Å²) in [7, 11) is 0. The Kier molecular flexibility index (Phi) is 6.61. The minimum atomic E-state index is -0.847. The molecule has 4 nitrogen and oxygen atoms in total. The summed E-state index contributed by atoms with van der Waals surface area (Å²) in [5, 5.41) is 0. The second-order valence-electron chi connectivity index (χ2n) is 3.83. The van der Waals surface area contributed by atoms with Crippen molar-refractivity contribution in [2.24, 2.45) is 11.8 Å². The number of esters is 1. The number of ether oxygens (including phenoxy) is 1. The third kappa shape index (κ3) is 4.13. The molecular weight excluding hydrogens is 208 g/mol. The molecule has 0 aromatic heterocycles. The fourth-order valence-electron chi connectivity index (χ4n) is 1.52. The van der Waals surface area contributed by atoms with Gasteiger partial charge in [0.1, 0.15) is 11.7 Å². The lowest BCUT2D eigenvalue weighted by atomic mass is 9.88. The highest BCUT2D eigenvalue weighted by Gasteiger charge is 2.31. The van der Waals surface area contributed by atoms with Crippen LogP contribution in [-0.2, 0) is 19.1 Å². The number of hydrogen-bond donors (Lipinski definition) is 0. The highest BCUT2D eigenvalue weighted by molar-refractivity contribution is 6.09. The summed E-state index contributed by atoms with van der Waals surface area (Å²) in [6, 6.07) is 0. The van der Waals surface area contributed by atoms with Crippen LogP contribution in [0.3, 0.4) is 0 Å². The summed E-state index contributed by atoms with van der Waals surface area (Å²) in [6.07, 6.45) is 1.24. The van der Waals surface area contributed by atoms with E-state index >= 15 is 0 Å². The maximum absolute atomic E-state index is 11.9. The van der Waals surface area contributed by atoms with E-state index in [9.17, 15) is 14.4 Å². The molecule has 0 aromatic carbocycles. The summed E-state index contributed by atoms with van der Waals surface area (Å²) >= 11 is 0. The van der Waals surface area contributed by atoms with Crippen molar-refractivity contribution < 1.29 is 19.1 Å². The summed E-state index contributed by atoms with van der Waals surface area (Å²) in [5.41, 5.74) is 0. The number of carbonyl (C=O) groups excluding carboxylic acids is 3. The molecule has 4 heteroatoms. The van der Waals surface area contributed by atoms with E-state index in [1.165, 1.54) is 13.8 Å². The van der Waals surface area contributed by atoms with Gasteiger partial charge in [0, 0.05) is 0 Å². The van der Waals surface area contributed by atoms with Crippen molar-refractivity contribution >= 4 is 17.5 Å². The number of Topliss-reactive ketones (excluding diaryl/α,β-unsaturated/α-hetero) is 2. The Morgan fingerprint density at radius 3 is 2.12 bits per heavy atom. The van der Waals surface area contributed by atoms with Gasteiger partial charge in [0.25, 0.3) is 0 Å². The Balaban J connectivity index is 4.60. The van der Waals surface area contributed by atoms with Gasteiger partial charge in [-0.1, -0.05) is 13.3 Å². The van der Waals surface area contributed by atoms with Crippen LogP contribution in [0.5, 0.6) is 0 Å². The van der Waals surface area contributed by atoms with Crippen molar-refractivity contribution in [1.82, 2.24) is 0 Å². The second kappa shape index (κ2) is 7.14. The Morgan fingerprint density at radius 1 is 1.19 bits per heavy atom. The molecule has 0 aliphatic rings. The molecule has 0 amide bonds. The summed E-state index contributed by atoms with van der Waals surface area (Å²) in [6.45, 7) is 6.71. The number of hydrogen-bond acceptors (Lipinski definition) is 4. The molecule has 16 heavy (non-hydrogen) atoms. The van der Waals surface area contributed by atoms with Crippen molar-refractivity contribution in [3.8, 4) is 0 Å². The molecule has 0 fully saturated rings. The zero-order valence-corrected chi connectivity index (χ0v) is 10.4. The summed E-state index contributed by atoms with van der Waals surface area (Å²) in [4.78, 5) is 34.5. The van der Waals surface area contributed by atoms with Gasteiger partial charge in [-0.05, 0) is 27.2 Å². The average molecular weight is 228 g/mol. The standard InChI is InChI=1S/C12H20O4/c1-5-7-10(9(4)13)11(14)8(3)12(15)16-6-2/h8,10H,5-7H2,1-4H3. The monoisotopic (exact) mass is 228 g/mol. The van der Waals surface area contributed by atoms with Gasteiger partial charge in [-0.25, -0.2) is 0 Å². The van der Waals surface area contributed by atoms with Gasteiger partial charge in [-0.15, -0.1) is 0 Å². The minimum absolute atomic E-state index is 0.178. The van der Waals surface area contributed by atoms with E-state index in [0.717, 1.165) is 6.42 Å². The number of carbonyl (C=O) groups is 3. The number of ketones is 2. The minimum Gasteiger partial charge on any atom is -0.465 e. The van der Waals surface area contributed by atoms with Crippen LogP contribution < -0.4 is 0 Å². The molecule has 0 radical (unpaired) electrons. The molecule has 92 valence electrons. The van der Waals surface area contributed by atoms with Gasteiger partial charge in [0.15, 0.2) is 5.78 Å². The van der Waals surface area contributed by atoms with Crippen LogP contribution in [-0.4, -0.2) is 24.1 Å². The SMILES string of the molecule is CCCC(C(C)=O)C(=O)C(C)C(=O)OCC. The lowest BCUT2D eigenvalue weighted by molar-refractivity contribution is -0.152. The van der Waals surface area contributed by atoms with Gasteiger partial charge >= 0.3 is 5.97 Å². The topological polar surface area (TPSA) is 60.4 Å². The van der Waals surface area contributed by atoms with E-state index < -0.39 is 17.8 Å². The van der Waals surface area contributed by atoms with Crippen molar-refractivity contribution in [3.05, 3.63) is 0 Å². The quantitative estimate of drug-likeness (QED) is 0.492. The molecule has 0 rings (SSSR count). The molecule has 2 atom stereocenters. The van der Waals surface area contributed by atoms with Crippen LogP contribution in [0.1, 0.15) is 40.5 Å². The summed E-state index contributed by atoms with van der Waals surface area (Å²) in [5.74, 6) is -2.56. The predicted octanol–water partition coefficient (Wildman–Crippen LogP) is 1.76. The van der Waals surface area contributed by atoms with Crippen LogP contribution in [0.25, 0.3) is 0 Å². The Morgan fingerprint density at radius 2 is 1.75 bits per heavy atom. The molecule has 0 saturated heterocycles. The Hall–Kier alpha value is -1.19. The third-order valence-electron chi connectivity index (χ3n) is 2.48. The highest BCUT2D eigenvalue weighted by Crippen LogP contribution is 2.15. The Bertz CT molecular complexity index is 270. The molecule has 0 heterocycles. The van der Waals surface area contributed by atoms with Crippen LogP contribution in [0.15, 0.2) is 0 Å². The maximum Gasteiger partial charge on any atom is 0.316 e. The van der Waals surface area contributed by atoms with E-state index in [1.807, 2.05) is 6.92 Å². The van der Waals surface area contributed by atoms with Crippen LogP contribution in [0, 0.1) is 11.8 Å². The normalized spacial score (nSPS) is 14.0. The van der Waals surface area contributed by atoms with Crippen molar-refractivity contribution in [2.45, 2.75) is 40.5 Å². The second-order valence-corrected chi connectivity index (χ2v) is 3.83. The van der Waals surface area contributed by atoms with Gasteiger partial charge in [-0.3, -0.25) is 14.4 Å². The highest BCUT2D eigenvalue weighted by atomic mass is 16.5. The van der Waals surface area contributed by atoms with Crippen molar-refractivity contribution in [1.29, 1.82) is 0 Å². The Labute approximate surface area is 96.4 Å². The molecule has 0 bridgehead atoms. The zero-order valence-electron chi connectivity index (χ0n) is 10.4. The first-order chi connectivity index (χ1) is 7.45. The molecular formula is C12H20O4. The fraction of sp³-hybridized carbons (Fsp3) is 0.750. The van der Waals surface area contributed by atoms with Gasteiger partial charge in [0.2, 0.25) is 0 Å². The first kappa shape index (κ1) is 14.8. The van der Waals surface area contributed by atoms with Crippen LogP contribution in [0.2, 0.25) is 0 Å². The average Bonchev–Trinajstić information content (AvgIpc) is 2.23. The van der Waals surface area contributed by atoms with E-state index in [0.29, 0.717) is 6.42 Å². The van der Waals surface area contributed by atoms with E-state index in [-0.39, 0.29) is 18.2 Å². The fourth-order valence-corrected chi connectivity index (χ4v) is 1.52. The summed E-state index contributed by atoms with van der Waals surface area (Å²) < 4.78 is 4.76. The largest absolute Gasteiger partial charge is 0.465 e. The molecule has 0 aliphatic carbocycles. The van der Waals surface area contributed by atoms with Gasteiger partial charge < -0.3 is 4.74 Å². The third-order valence-corrected chi connectivity index (χ3v) is 2.48. The maximum atomic E-state index is 11.9. The zero-order chi connectivity index (χ0) is 12.7. The molecule has 0 aliphatic heterocycles. The molecule has 2 unspecified atom stereocenters. The van der Waals surface area contributed by atoms with Gasteiger partial charge in [0.05, 0.1) is 12.5 Å². The van der Waals surface area contributed by atoms with E-state index in [2.05, 4.69) is 0 Å². The molecule has 0 N–H and O–H groups in total. The molecule has 0 spiro atoms. The van der Waals surface area contributed by atoms with Gasteiger partial charge in [-0.2, -0.15) is 0 Å². The lowest BCUT2D eigenvalue weighted by Crippen LogP contribution is -2.32. The van der Waals surface area contributed by atoms with Crippen LogP contribution in [0.4, 0.5) is 0 Å². The smallest absolute Gasteiger partial charge is 0.316 e. The predicted molar refractivity (Wildman–Crippen MR) is 59.9 cm³/mol. The van der Waals surface area contributed by atoms with Crippen molar-refractivity contribution in [2.75, 3.05) is 6.61 Å². The van der Waals surface area contributed by atoms with Crippen molar-refractivity contribution in [3.63, 3.8) is 0 Å². The molecule has 0 saturated carbocycles.